The predicted octanol–water partition coefficient (Wildman–Crippen LogP) is 7.32. The summed E-state index contributed by atoms with van der Waals surface area (Å²) in [5, 5.41) is 2.90. The van der Waals surface area contributed by atoms with Crippen molar-refractivity contribution in [2.24, 2.45) is 0 Å². The minimum atomic E-state index is 0.129. The van der Waals surface area contributed by atoms with Gasteiger partial charge in [0.25, 0.3) is 5.91 Å². The molecule has 1 heterocycles. The quantitative estimate of drug-likeness (QED) is 0.298. The highest BCUT2D eigenvalue weighted by Gasteiger charge is 2.28. The van der Waals surface area contributed by atoms with Crippen LogP contribution < -0.4 is 0 Å². The van der Waals surface area contributed by atoms with Gasteiger partial charge in [-0.25, -0.2) is 0 Å². The highest BCUT2D eigenvalue weighted by molar-refractivity contribution is 6.31. The van der Waals surface area contributed by atoms with Crippen LogP contribution in [0.4, 0.5) is 0 Å². The zero-order valence-corrected chi connectivity index (χ0v) is 19.5. The molecule has 0 spiro atoms. The van der Waals surface area contributed by atoms with Gasteiger partial charge in [-0.2, -0.15) is 0 Å². The lowest BCUT2D eigenvalue weighted by atomic mass is 9.93. The Bertz CT molecular complexity index is 1250. The van der Waals surface area contributed by atoms with Gasteiger partial charge >= 0.3 is 0 Å². The summed E-state index contributed by atoms with van der Waals surface area (Å²) >= 11 is 6.43. The van der Waals surface area contributed by atoms with Crippen molar-refractivity contribution in [2.45, 2.75) is 51.2 Å². The number of hydrogen-bond acceptors (Lipinski definition) is 1. The molecule has 33 heavy (non-hydrogen) atoms. The van der Waals surface area contributed by atoms with E-state index >= 15 is 0 Å². The van der Waals surface area contributed by atoms with Crippen LogP contribution in [0.25, 0.3) is 10.8 Å². The summed E-state index contributed by atoms with van der Waals surface area (Å²) in [7, 11) is 0. The van der Waals surface area contributed by atoms with E-state index in [1.54, 1.807) is 0 Å². The number of carbonyl (C=O) groups is 1. The first kappa shape index (κ1) is 21.8. The Morgan fingerprint density at radius 2 is 1.64 bits per heavy atom. The van der Waals surface area contributed by atoms with Crippen molar-refractivity contribution in [3.05, 3.63) is 107 Å². The van der Waals surface area contributed by atoms with Crippen LogP contribution in [0.1, 0.15) is 53.7 Å². The maximum absolute atomic E-state index is 14.0. The Morgan fingerprint density at radius 1 is 0.879 bits per heavy atom. The van der Waals surface area contributed by atoms with E-state index in [2.05, 4.69) is 52.1 Å². The third kappa shape index (κ3) is 4.69. The molecule has 3 nitrogen and oxygen atoms in total. The third-order valence-electron chi connectivity index (χ3n) is 6.85. The zero-order chi connectivity index (χ0) is 22.6. The summed E-state index contributed by atoms with van der Waals surface area (Å²) in [6, 6.07) is 26.6. The molecule has 1 aromatic heterocycles. The molecular weight excluding hydrogens is 428 g/mol. The van der Waals surface area contributed by atoms with Crippen LogP contribution >= 0.6 is 11.6 Å². The van der Waals surface area contributed by atoms with Gasteiger partial charge in [0.05, 0.1) is 6.54 Å². The largest absolute Gasteiger partial charge is 0.345 e. The van der Waals surface area contributed by atoms with Gasteiger partial charge in [0, 0.05) is 35.1 Å². The predicted molar refractivity (Wildman–Crippen MR) is 136 cm³/mol. The fourth-order valence-corrected chi connectivity index (χ4v) is 5.25. The van der Waals surface area contributed by atoms with Crippen LogP contribution in [-0.4, -0.2) is 21.4 Å². The van der Waals surface area contributed by atoms with E-state index in [0.29, 0.717) is 13.1 Å². The van der Waals surface area contributed by atoms with E-state index in [4.69, 9.17) is 11.6 Å². The number of rotatable bonds is 6. The van der Waals surface area contributed by atoms with E-state index in [9.17, 15) is 4.79 Å². The Labute approximate surface area is 200 Å². The first-order valence-corrected chi connectivity index (χ1v) is 12.2. The second-order valence-corrected chi connectivity index (χ2v) is 9.38. The van der Waals surface area contributed by atoms with Gasteiger partial charge < -0.3 is 9.47 Å². The lowest BCUT2D eigenvalue weighted by Gasteiger charge is -2.35. The maximum atomic E-state index is 14.0. The van der Waals surface area contributed by atoms with Gasteiger partial charge in [0.15, 0.2) is 0 Å². The summed E-state index contributed by atoms with van der Waals surface area (Å²) in [5.74, 6) is 0.129. The molecule has 168 valence electrons. The molecular formula is C29H29ClN2O. The van der Waals surface area contributed by atoms with Crippen molar-refractivity contribution in [1.29, 1.82) is 0 Å². The second kappa shape index (κ2) is 9.84. The van der Waals surface area contributed by atoms with Crippen molar-refractivity contribution in [2.75, 3.05) is 0 Å². The summed E-state index contributed by atoms with van der Waals surface area (Å²) in [6.45, 7) is 1.30. The van der Waals surface area contributed by atoms with E-state index in [1.807, 2.05) is 42.5 Å². The first-order chi connectivity index (χ1) is 16.2. The number of halogens is 1. The van der Waals surface area contributed by atoms with Crippen molar-refractivity contribution < 1.29 is 4.79 Å². The molecule has 0 bridgehead atoms. The van der Waals surface area contributed by atoms with Gasteiger partial charge in [-0.05, 0) is 53.4 Å². The molecule has 0 radical (unpaired) electrons. The van der Waals surface area contributed by atoms with Gasteiger partial charge in [-0.15, -0.1) is 0 Å². The monoisotopic (exact) mass is 456 g/mol. The van der Waals surface area contributed by atoms with Gasteiger partial charge in [-0.1, -0.05) is 85.5 Å². The Balaban J connectivity index is 1.48. The number of aromatic nitrogens is 1. The fourth-order valence-electron chi connectivity index (χ4n) is 5.06. The van der Waals surface area contributed by atoms with Crippen LogP contribution in [0, 0.1) is 0 Å². The second-order valence-electron chi connectivity index (χ2n) is 8.97. The fraction of sp³-hybridized carbons (Fsp3) is 0.276. The lowest BCUT2D eigenvalue weighted by molar-refractivity contribution is 0.0611. The molecule has 4 aromatic rings. The molecule has 1 aliphatic carbocycles. The third-order valence-corrected chi connectivity index (χ3v) is 7.22. The summed E-state index contributed by atoms with van der Waals surface area (Å²) in [6.07, 6.45) is 7.86. The molecule has 0 atom stereocenters. The average Bonchev–Trinajstić information content (AvgIpc) is 3.30. The van der Waals surface area contributed by atoms with Crippen LogP contribution in [0.15, 0.2) is 85.1 Å². The number of fused-ring (bicyclic) bond motifs is 1. The molecule has 1 fully saturated rings. The summed E-state index contributed by atoms with van der Waals surface area (Å²) in [4.78, 5) is 16.1. The van der Waals surface area contributed by atoms with E-state index in [0.717, 1.165) is 45.5 Å². The lowest BCUT2D eigenvalue weighted by Crippen LogP contribution is -2.41. The number of hydrogen-bond donors (Lipinski definition) is 0. The molecule has 1 saturated carbocycles. The molecule has 0 N–H and O–H groups in total. The zero-order valence-electron chi connectivity index (χ0n) is 18.8. The van der Waals surface area contributed by atoms with Crippen molar-refractivity contribution >= 4 is 28.3 Å². The minimum absolute atomic E-state index is 0.129. The smallest absolute Gasteiger partial charge is 0.255 e. The Kier molecular flexibility index (Phi) is 6.50. The molecule has 0 saturated heterocycles. The molecule has 4 heteroatoms. The van der Waals surface area contributed by atoms with Crippen molar-refractivity contribution in [1.82, 2.24) is 9.47 Å². The van der Waals surface area contributed by atoms with Gasteiger partial charge in [0.2, 0.25) is 0 Å². The maximum Gasteiger partial charge on any atom is 0.255 e. The van der Waals surface area contributed by atoms with Crippen molar-refractivity contribution in [3.63, 3.8) is 0 Å². The van der Waals surface area contributed by atoms with Crippen LogP contribution in [0.5, 0.6) is 0 Å². The Hall–Kier alpha value is -3.04. The SMILES string of the molecule is O=C(c1cccc2ccccc12)N(Cc1cccn1Cc1ccccc1Cl)C1CCCCC1. The van der Waals surface area contributed by atoms with Crippen LogP contribution in [-0.2, 0) is 13.1 Å². The highest BCUT2D eigenvalue weighted by atomic mass is 35.5. The van der Waals surface area contributed by atoms with Gasteiger partial charge in [-0.3, -0.25) is 4.79 Å². The number of amides is 1. The van der Waals surface area contributed by atoms with Crippen LogP contribution in [0.2, 0.25) is 5.02 Å². The molecule has 0 aliphatic heterocycles. The molecule has 1 aliphatic rings. The number of nitrogens with zero attached hydrogens (tertiary/aromatic N) is 2. The van der Waals surface area contributed by atoms with Crippen molar-refractivity contribution in [3.8, 4) is 0 Å². The Morgan fingerprint density at radius 3 is 2.48 bits per heavy atom. The first-order valence-electron chi connectivity index (χ1n) is 11.9. The van der Waals surface area contributed by atoms with E-state index < -0.39 is 0 Å². The molecule has 1 amide bonds. The standard InChI is InChI=1S/C29H29ClN2O/c30-28-18-7-5-11-23(28)20-31-19-9-15-25(31)21-32(24-13-2-1-3-14-24)29(33)27-17-8-12-22-10-4-6-16-26(22)27/h4-12,15-19,24H,1-3,13-14,20-21H2. The molecule has 5 rings (SSSR count). The molecule has 3 aromatic carbocycles. The highest BCUT2D eigenvalue weighted by Crippen LogP contribution is 2.28. The van der Waals surface area contributed by atoms with Gasteiger partial charge in [0.1, 0.15) is 0 Å². The number of carbonyl (C=O) groups excluding carboxylic acids is 1. The summed E-state index contributed by atoms with van der Waals surface area (Å²) < 4.78 is 2.22. The molecule has 0 unspecified atom stereocenters. The van der Waals surface area contributed by atoms with E-state index in [-0.39, 0.29) is 11.9 Å². The van der Waals surface area contributed by atoms with E-state index in [1.165, 1.54) is 19.3 Å². The topological polar surface area (TPSA) is 25.2 Å². The summed E-state index contributed by atoms with van der Waals surface area (Å²) in [5.41, 5.74) is 3.01. The minimum Gasteiger partial charge on any atom is -0.345 e. The van der Waals surface area contributed by atoms with Crippen LogP contribution in [0.3, 0.4) is 0 Å². The normalized spacial score (nSPS) is 14.5. The number of benzene rings is 3. The average molecular weight is 457 g/mol.